The van der Waals surface area contributed by atoms with E-state index in [1.807, 2.05) is 12.1 Å². The summed E-state index contributed by atoms with van der Waals surface area (Å²) in [6.45, 7) is 1.67. The largest absolute Gasteiger partial charge is 0.300 e. The molecule has 64 valence electrons. The van der Waals surface area contributed by atoms with E-state index in [0.29, 0.717) is 11.7 Å². The van der Waals surface area contributed by atoms with Crippen molar-refractivity contribution in [2.45, 2.75) is 19.3 Å². The summed E-state index contributed by atoms with van der Waals surface area (Å²) in [5.41, 5.74) is 0. The lowest BCUT2D eigenvalue weighted by molar-refractivity contribution is -0.118. The molecule has 1 fully saturated rings. The third-order valence-corrected chi connectivity index (χ3v) is 3.64. The van der Waals surface area contributed by atoms with Crippen LogP contribution in [0.3, 0.4) is 0 Å². The molecule has 1 heterocycles. The van der Waals surface area contributed by atoms with Crippen LogP contribution >= 0.6 is 22.9 Å². The highest BCUT2D eigenvalue weighted by Gasteiger charge is 2.42. The average molecular weight is 201 g/mol. The van der Waals surface area contributed by atoms with E-state index in [4.69, 9.17) is 11.6 Å². The number of carbonyl (C=O) groups is 1. The van der Waals surface area contributed by atoms with Crippen molar-refractivity contribution in [2.24, 2.45) is 5.92 Å². The highest BCUT2D eigenvalue weighted by Crippen LogP contribution is 2.50. The summed E-state index contributed by atoms with van der Waals surface area (Å²) in [5, 5.41) is 0. The quantitative estimate of drug-likeness (QED) is 0.717. The van der Waals surface area contributed by atoms with Gasteiger partial charge < -0.3 is 0 Å². The van der Waals surface area contributed by atoms with E-state index < -0.39 is 0 Å². The zero-order valence-electron chi connectivity index (χ0n) is 6.71. The van der Waals surface area contributed by atoms with Crippen molar-refractivity contribution in [3.05, 3.63) is 21.3 Å². The highest BCUT2D eigenvalue weighted by molar-refractivity contribution is 7.16. The standard InChI is InChI=1S/C9H9ClOS/c1-5(11)6-4-7(6)8-2-3-9(10)12-8/h2-3,6-7H,4H2,1H3/t6-,7-/m1/s1. The van der Waals surface area contributed by atoms with Gasteiger partial charge in [-0.2, -0.15) is 0 Å². The molecule has 0 radical (unpaired) electrons. The second kappa shape index (κ2) is 2.86. The molecule has 0 amide bonds. The Kier molecular flexibility index (Phi) is 1.97. The molecule has 1 aliphatic carbocycles. The van der Waals surface area contributed by atoms with Crippen molar-refractivity contribution in [3.63, 3.8) is 0 Å². The van der Waals surface area contributed by atoms with Crippen LogP contribution in [0.4, 0.5) is 0 Å². The predicted molar refractivity (Wildman–Crippen MR) is 50.9 cm³/mol. The second-order valence-corrected chi connectivity index (χ2v) is 4.95. The van der Waals surface area contributed by atoms with E-state index in [0.717, 1.165) is 10.8 Å². The van der Waals surface area contributed by atoms with Gasteiger partial charge >= 0.3 is 0 Å². The van der Waals surface area contributed by atoms with Crippen molar-refractivity contribution in [1.29, 1.82) is 0 Å². The Morgan fingerprint density at radius 1 is 1.67 bits per heavy atom. The number of ketones is 1. The van der Waals surface area contributed by atoms with Gasteiger partial charge in [0.25, 0.3) is 0 Å². The third kappa shape index (κ3) is 1.41. The SMILES string of the molecule is CC(=O)[C@H]1C[C@H]1c1ccc(Cl)s1. The van der Waals surface area contributed by atoms with Crippen LogP contribution in [0.15, 0.2) is 12.1 Å². The molecule has 0 saturated heterocycles. The molecule has 0 aromatic carbocycles. The fraction of sp³-hybridized carbons (Fsp3) is 0.444. The summed E-state index contributed by atoms with van der Waals surface area (Å²) in [6.07, 6.45) is 1.02. The van der Waals surface area contributed by atoms with E-state index in [9.17, 15) is 4.79 Å². The third-order valence-electron chi connectivity index (χ3n) is 2.27. The van der Waals surface area contributed by atoms with Gasteiger partial charge in [0.2, 0.25) is 0 Å². The van der Waals surface area contributed by atoms with Crippen LogP contribution in [0.2, 0.25) is 4.34 Å². The normalized spacial score (nSPS) is 27.2. The molecule has 1 aromatic heterocycles. The molecule has 2 rings (SSSR count). The molecule has 0 unspecified atom stereocenters. The number of hydrogen-bond acceptors (Lipinski definition) is 2. The Bertz CT molecular complexity index is 318. The molecule has 3 heteroatoms. The van der Waals surface area contributed by atoms with Crippen LogP contribution in [0.25, 0.3) is 0 Å². The first-order chi connectivity index (χ1) is 5.68. The molecule has 1 aliphatic rings. The Morgan fingerprint density at radius 3 is 2.83 bits per heavy atom. The molecule has 0 bridgehead atoms. The van der Waals surface area contributed by atoms with Gasteiger partial charge in [-0.3, -0.25) is 4.79 Å². The molecule has 1 aromatic rings. The number of rotatable bonds is 2. The Labute approximate surface area is 80.4 Å². The molecular weight excluding hydrogens is 192 g/mol. The van der Waals surface area contributed by atoms with Gasteiger partial charge in [0.15, 0.2) is 0 Å². The smallest absolute Gasteiger partial charge is 0.133 e. The first-order valence-electron chi connectivity index (χ1n) is 3.94. The molecule has 2 atom stereocenters. The summed E-state index contributed by atoms with van der Waals surface area (Å²) in [6, 6.07) is 3.93. The van der Waals surface area contributed by atoms with Crippen LogP contribution in [-0.4, -0.2) is 5.78 Å². The number of thiophene rings is 1. The first kappa shape index (κ1) is 8.27. The molecule has 1 nitrogen and oxygen atoms in total. The van der Waals surface area contributed by atoms with E-state index in [-0.39, 0.29) is 5.92 Å². The van der Waals surface area contributed by atoms with Crippen molar-refractivity contribution in [1.82, 2.24) is 0 Å². The molecule has 0 spiro atoms. The topological polar surface area (TPSA) is 17.1 Å². The predicted octanol–water partition coefficient (Wildman–Crippen LogP) is 3.09. The van der Waals surface area contributed by atoms with Gasteiger partial charge in [0.05, 0.1) is 4.34 Å². The van der Waals surface area contributed by atoms with Gasteiger partial charge in [-0.1, -0.05) is 11.6 Å². The summed E-state index contributed by atoms with van der Waals surface area (Å²) in [7, 11) is 0. The van der Waals surface area contributed by atoms with E-state index in [1.165, 1.54) is 4.88 Å². The molecular formula is C9H9ClOS. The first-order valence-corrected chi connectivity index (χ1v) is 5.13. The summed E-state index contributed by atoms with van der Waals surface area (Å²) in [4.78, 5) is 12.2. The van der Waals surface area contributed by atoms with Crippen molar-refractivity contribution in [2.75, 3.05) is 0 Å². The minimum absolute atomic E-state index is 0.278. The summed E-state index contributed by atoms with van der Waals surface area (Å²) in [5.74, 6) is 1.06. The van der Waals surface area contributed by atoms with Gasteiger partial charge in [0.1, 0.15) is 5.78 Å². The lowest BCUT2D eigenvalue weighted by Crippen LogP contribution is -1.93. The Hall–Kier alpha value is -0.340. The van der Waals surface area contributed by atoms with Gasteiger partial charge in [-0.05, 0) is 25.5 Å². The van der Waals surface area contributed by atoms with Crippen molar-refractivity contribution in [3.8, 4) is 0 Å². The van der Waals surface area contributed by atoms with Crippen LogP contribution < -0.4 is 0 Å². The fourth-order valence-corrected chi connectivity index (χ4v) is 2.73. The summed E-state index contributed by atoms with van der Waals surface area (Å²) < 4.78 is 0.819. The summed E-state index contributed by atoms with van der Waals surface area (Å²) >= 11 is 7.39. The lowest BCUT2D eigenvalue weighted by atomic mass is 10.2. The van der Waals surface area contributed by atoms with Crippen LogP contribution in [0.5, 0.6) is 0 Å². The van der Waals surface area contributed by atoms with Crippen LogP contribution in [0, 0.1) is 5.92 Å². The number of Topliss-reactive ketones (excluding diaryl/α,β-unsaturated/α-hetero) is 1. The van der Waals surface area contributed by atoms with Crippen molar-refractivity contribution >= 4 is 28.7 Å². The zero-order valence-corrected chi connectivity index (χ0v) is 8.28. The number of halogens is 1. The van der Waals surface area contributed by atoms with E-state index in [1.54, 1.807) is 18.3 Å². The minimum Gasteiger partial charge on any atom is -0.300 e. The number of hydrogen-bond donors (Lipinski definition) is 0. The number of carbonyl (C=O) groups excluding carboxylic acids is 1. The Balaban J connectivity index is 2.10. The maximum atomic E-state index is 11.0. The van der Waals surface area contributed by atoms with Gasteiger partial charge in [-0.25, -0.2) is 0 Å². The highest BCUT2D eigenvalue weighted by atomic mass is 35.5. The molecule has 0 N–H and O–H groups in total. The van der Waals surface area contributed by atoms with Crippen LogP contribution in [0.1, 0.15) is 24.1 Å². The zero-order chi connectivity index (χ0) is 8.72. The Morgan fingerprint density at radius 2 is 2.42 bits per heavy atom. The monoisotopic (exact) mass is 200 g/mol. The fourth-order valence-electron chi connectivity index (χ4n) is 1.49. The van der Waals surface area contributed by atoms with E-state index in [2.05, 4.69) is 0 Å². The minimum atomic E-state index is 0.278. The average Bonchev–Trinajstić information content (AvgIpc) is 2.70. The van der Waals surface area contributed by atoms with Gasteiger partial charge in [-0.15, -0.1) is 11.3 Å². The van der Waals surface area contributed by atoms with Crippen LogP contribution in [-0.2, 0) is 4.79 Å². The maximum absolute atomic E-state index is 11.0. The molecule has 12 heavy (non-hydrogen) atoms. The molecule has 0 aliphatic heterocycles. The maximum Gasteiger partial charge on any atom is 0.133 e. The molecule has 1 saturated carbocycles. The van der Waals surface area contributed by atoms with Gasteiger partial charge in [0, 0.05) is 16.7 Å². The van der Waals surface area contributed by atoms with Crippen molar-refractivity contribution < 1.29 is 4.79 Å². The second-order valence-electron chi connectivity index (χ2n) is 3.20. The lowest BCUT2D eigenvalue weighted by Gasteiger charge is -1.90. The van der Waals surface area contributed by atoms with E-state index >= 15 is 0 Å².